The number of fused-ring (bicyclic) bond motifs is 5. The molecule has 0 aromatic carbocycles. The van der Waals surface area contributed by atoms with Gasteiger partial charge in [-0.3, -0.25) is 9.59 Å². The Hall–Kier alpha value is -1.20. The van der Waals surface area contributed by atoms with E-state index >= 15 is 0 Å². The van der Waals surface area contributed by atoms with Crippen LogP contribution < -0.4 is 0 Å². The van der Waals surface area contributed by atoms with Gasteiger partial charge in [0.1, 0.15) is 11.9 Å². The second-order valence-corrected chi connectivity index (χ2v) is 11.1. The first kappa shape index (κ1) is 21.0. The maximum atomic E-state index is 12.8. The number of aliphatic hydroxyl groups is 2. The van der Waals surface area contributed by atoms with Gasteiger partial charge < -0.3 is 14.9 Å². The molecule has 3 saturated carbocycles. The first-order valence-electron chi connectivity index (χ1n) is 11.1. The number of carbonyl (C=O) groups excluding carboxylic acids is 2. The molecule has 0 aromatic rings. The quantitative estimate of drug-likeness (QED) is 0.545. The SMILES string of the molecule is CC(=O)OC1CC2C3(C)CCC(=O)C(C)(CO)C3CCC2(C)C2(C)C(O)C=CC12. The van der Waals surface area contributed by atoms with Crippen LogP contribution in [0.25, 0.3) is 0 Å². The Kier molecular flexibility index (Phi) is 4.64. The molecule has 4 rings (SSSR count). The average molecular weight is 405 g/mol. The lowest BCUT2D eigenvalue weighted by molar-refractivity contribution is -0.242. The summed E-state index contributed by atoms with van der Waals surface area (Å²) in [6.45, 7) is 10.0. The number of carbonyl (C=O) groups is 2. The summed E-state index contributed by atoms with van der Waals surface area (Å²) in [4.78, 5) is 24.7. The van der Waals surface area contributed by atoms with Crippen molar-refractivity contribution in [3.05, 3.63) is 12.2 Å². The van der Waals surface area contributed by atoms with E-state index in [0.29, 0.717) is 6.42 Å². The van der Waals surface area contributed by atoms with Crippen molar-refractivity contribution in [3.8, 4) is 0 Å². The highest BCUT2D eigenvalue weighted by molar-refractivity contribution is 5.86. The van der Waals surface area contributed by atoms with Gasteiger partial charge in [-0.2, -0.15) is 0 Å². The summed E-state index contributed by atoms with van der Waals surface area (Å²) in [7, 11) is 0. The van der Waals surface area contributed by atoms with E-state index in [1.807, 2.05) is 13.0 Å². The molecule has 0 radical (unpaired) electrons. The Morgan fingerprint density at radius 1 is 1.17 bits per heavy atom. The number of aliphatic hydroxyl groups excluding tert-OH is 2. The van der Waals surface area contributed by atoms with E-state index < -0.39 is 16.9 Å². The molecular weight excluding hydrogens is 368 g/mol. The molecule has 162 valence electrons. The second-order valence-electron chi connectivity index (χ2n) is 11.1. The molecule has 3 fully saturated rings. The Morgan fingerprint density at radius 3 is 2.48 bits per heavy atom. The molecule has 4 aliphatic rings. The van der Waals surface area contributed by atoms with Crippen LogP contribution in [0.3, 0.4) is 0 Å². The highest BCUT2D eigenvalue weighted by Gasteiger charge is 2.71. The number of ketones is 1. The van der Waals surface area contributed by atoms with Crippen molar-refractivity contribution in [2.45, 2.75) is 78.9 Å². The first-order valence-corrected chi connectivity index (χ1v) is 11.1. The predicted molar refractivity (Wildman–Crippen MR) is 109 cm³/mol. The lowest BCUT2D eigenvalue weighted by Gasteiger charge is -2.69. The van der Waals surface area contributed by atoms with Crippen LogP contribution >= 0.6 is 0 Å². The highest BCUT2D eigenvalue weighted by Crippen LogP contribution is 2.73. The number of hydrogen-bond donors (Lipinski definition) is 2. The van der Waals surface area contributed by atoms with Crippen molar-refractivity contribution in [2.75, 3.05) is 6.61 Å². The molecular formula is C24H36O5. The number of esters is 1. The standard InChI is InChI=1S/C24H36O5/c1-14(26)29-16-12-18-21(2)10-9-19(27)22(3,13-25)17(21)8-11-23(18,4)24(5)15(16)6-7-20(24)28/h6-7,15-18,20,25,28H,8-13H2,1-5H3. The van der Waals surface area contributed by atoms with E-state index in [2.05, 4.69) is 26.8 Å². The molecule has 0 spiro atoms. The number of Topliss-reactive ketones (excluding diaryl/α,β-unsaturated/α-hetero) is 1. The zero-order valence-electron chi connectivity index (χ0n) is 18.4. The molecule has 9 atom stereocenters. The summed E-state index contributed by atoms with van der Waals surface area (Å²) in [6, 6.07) is 0. The van der Waals surface area contributed by atoms with Crippen LogP contribution in [-0.4, -0.2) is 40.8 Å². The molecule has 9 unspecified atom stereocenters. The van der Waals surface area contributed by atoms with Crippen LogP contribution in [0.1, 0.15) is 66.7 Å². The lowest BCUT2D eigenvalue weighted by atomic mass is 9.35. The van der Waals surface area contributed by atoms with E-state index in [4.69, 9.17) is 4.74 Å². The third kappa shape index (κ3) is 2.46. The van der Waals surface area contributed by atoms with Gasteiger partial charge in [-0.15, -0.1) is 0 Å². The van der Waals surface area contributed by atoms with Gasteiger partial charge in [0.15, 0.2) is 0 Å². The fourth-order valence-corrected chi connectivity index (χ4v) is 8.31. The van der Waals surface area contributed by atoms with Gasteiger partial charge in [0.05, 0.1) is 18.1 Å². The van der Waals surface area contributed by atoms with Crippen molar-refractivity contribution >= 4 is 11.8 Å². The van der Waals surface area contributed by atoms with Crippen molar-refractivity contribution in [2.24, 2.45) is 39.4 Å². The topological polar surface area (TPSA) is 83.8 Å². The molecule has 0 amide bonds. The van der Waals surface area contributed by atoms with E-state index in [9.17, 15) is 19.8 Å². The molecule has 5 nitrogen and oxygen atoms in total. The zero-order chi connectivity index (χ0) is 21.4. The van der Waals surface area contributed by atoms with Crippen molar-refractivity contribution in [1.82, 2.24) is 0 Å². The molecule has 0 bridgehead atoms. The van der Waals surface area contributed by atoms with Gasteiger partial charge in [0.25, 0.3) is 0 Å². The molecule has 0 heterocycles. The summed E-state index contributed by atoms with van der Waals surface area (Å²) in [5.41, 5.74) is -1.41. The van der Waals surface area contributed by atoms with Gasteiger partial charge in [0.2, 0.25) is 0 Å². The minimum atomic E-state index is -0.713. The maximum Gasteiger partial charge on any atom is 0.302 e. The van der Waals surface area contributed by atoms with E-state index in [1.54, 1.807) is 0 Å². The third-order valence-electron chi connectivity index (χ3n) is 10.2. The lowest BCUT2D eigenvalue weighted by Crippen LogP contribution is -2.68. The average Bonchev–Trinajstić information content (AvgIpc) is 2.97. The van der Waals surface area contributed by atoms with Gasteiger partial charge in [0, 0.05) is 24.7 Å². The first-order chi connectivity index (χ1) is 13.4. The highest BCUT2D eigenvalue weighted by atomic mass is 16.5. The molecule has 5 heteroatoms. The fraction of sp³-hybridized carbons (Fsp3) is 0.833. The minimum Gasteiger partial charge on any atom is -0.462 e. The van der Waals surface area contributed by atoms with Crippen LogP contribution in [0, 0.1) is 39.4 Å². The van der Waals surface area contributed by atoms with Gasteiger partial charge in [-0.1, -0.05) is 39.8 Å². The molecule has 0 aromatic heterocycles. The largest absolute Gasteiger partial charge is 0.462 e. The number of rotatable bonds is 2. The molecule has 2 N–H and O–H groups in total. The van der Waals surface area contributed by atoms with Crippen molar-refractivity contribution in [1.29, 1.82) is 0 Å². The van der Waals surface area contributed by atoms with Crippen molar-refractivity contribution in [3.63, 3.8) is 0 Å². The molecule has 29 heavy (non-hydrogen) atoms. The monoisotopic (exact) mass is 404 g/mol. The van der Waals surface area contributed by atoms with Gasteiger partial charge >= 0.3 is 5.97 Å². The Balaban J connectivity index is 1.82. The Labute approximate surface area is 173 Å². The smallest absolute Gasteiger partial charge is 0.302 e. The maximum absolute atomic E-state index is 12.8. The van der Waals surface area contributed by atoms with Crippen LogP contribution in [-0.2, 0) is 14.3 Å². The summed E-state index contributed by atoms with van der Waals surface area (Å²) < 4.78 is 5.82. The van der Waals surface area contributed by atoms with E-state index in [1.165, 1.54) is 6.92 Å². The summed E-state index contributed by atoms with van der Waals surface area (Å²) in [5, 5.41) is 21.3. The normalized spacial score (nSPS) is 53.8. The minimum absolute atomic E-state index is 0.00255. The Morgan fingerprint density at radius 2 is 1.86 bits per heavy atom. The van der Waals surface area contributed by atoms with E-state index in [-0.39, 0.29) is 53.0 Å². The molecule has 0 saturated heterocycles. The van der Waals surface area contributed by atoms with Crippen LogP contribution in [0.15, 0.2) is 12.2 Å². The summed E-state index contributed by atoms with van der Waals surface area (Å²) in [6.07, 6.45) is 6.89. The van der Waals surface area contributed by atoms with Crippen LogP contribution in [0.2, 0.25) is 0 Å². The van der Waals surface area contributed by atoms with Gasteiger partial charge in [-0.25, -0.2) is 0 Å². The third-order valence-corrected chi connectivity index (χ3v) is 10.2. The number of hydrogen-bond acceptors (Lipinski definition) is 5. The predicted octanol–water partition coefficient (Wildman–Crippen LogP) is 3.28. The fourth-order valence-electron chi connectivity index (χ4n) is 8.31. The van der Waals surface area contributed by atoms with Crippen LogP contribution in [0.4, 0.5) is 0 Å². The second kappa shape index (κ2) is 6.40. The van der Waals surface area contributed by atoms with Crippen LogP contribution in [0.5, 0.6) is 0 Å². The number of ether oxygens (including phenoxy) is 1. The van der Waals surface area contributed by atoms with E-state index in [0.717, 1.165) is 25.7 Å². The molecule has 4 aliphatic carbocycles. The summed E-state index contributed by atoms with van der Waals surface area (Å²) >= 11 is 0. The Bertz CT molecular complexity index is 760. The van der Waals surface area contributed by atoms with Gasteiger partial charge in [-0.05, 0) is 48.3 Å². The molecule has 0 aliphatic heterocycles. The summed E-state index contributed by atoms with van der Waals surface area (Å²) in [5.74, 6) is 0.187. The zero-order valence-corrected chi connectivity index (χ0v) is 18.4. The van der Waals surface area contributed by atoms with Crippen molar-refractivity contribution < 1.29 is 24.5 Å².